The summed E-state index contributed by atoms with van der Waals surface area (Å²) in [7, 11) is 0. The van der Waals surface area contributed by atoms with E-state index in [0.717, 1.165) is 10.8 Å². The number of thioether (sulfide) groups is 1. The maximum atomic E-state index is 13.1. The lowest BCUT2D eigenvalue weighted by atomic mass is 9.95. The van der Waals surface area contributed by atoms with Gasteiger partial charge in [-0.3, -0.25) is 14.2 Å². The van der Waals surface area contributed by atoms with Gasteiger partial charge >= 0.3 is 0 Å². The van der Waals surface area contributed by atoms with Crippen LogP contribution in [0.2, 0.25) is 0 Å². The molecule has 0 spiro atoms. The number of para-hydroxylation sites is 1. The van der Waals surface area contributed by atoms with Crippen LogP contribution in [0.4, 0.5) is 0 Å². The number of carbonyl (C=O) groups is 2. The van der Waals surface area contributed by atoms with E-state index in [1.54, 1.807) is 6.20 Å². The number of nitrogens with one attached hydrogen (secondary N) is 1. The van der Waals surface area contributed by atoms with E-state index < -0.39 is 0 Å². The SMILES string of the molecule is CSc1ncc(C(=O)N2CCC(C(=O)NC(C)C)CC2)n1-c1ccccc1. The van der Waals surface area contributed by atoms with E-state index in [4.69, 9.17) is 0 Å². The zero-order valence-electron chi connectivity index (χ0n) is 16.0. The van der Waals surface area contributed by atoms with Gasteiger partial charge in [0, 0.05) is 30.7 Å². The van der Waals surface area contributed by atoms with Gasteiger partial charge in [-0.15, -0.1) is 0 Å². The van der Waals surface area contributed by atoms with Gasteiger partial charge in [-0.05, 0) is 45.1 Å². The van der Waals surface area contributed by atoms with Gasteiger partial charge in [-0.25, -0.2) is 4.98 Å². The molecule has 2 aromatic rings. The first-order chi connectivity index (χ1) is 13.0. The molecule has 2 amide bonds. The van der Waals surface area contributed by atoms with E-state index in [-0.39, 0.29) is 23.8 Å². The molecule has 0 saturated carbocycles. The molecule has 27 heavy (non-hydrogen) atoms. The van der Waals surface area contributed by atoms with Gasteiger partial charge in [-0.1, -0.05) is 30.0 Å². The average Bonchev–Trinajstić information content (AvgIpc) is 3.11. The normalized spacial score (nSPS) is 15.2. The zero-order chi connectivity index (χ0) is 19.4. The zero-order valence-corrected chi connectivity index (χ0v) is 16.8. The molecule has 1 aromatic heterocycles. The number of rotatable bonds is 5. The molecule has 0 bridgehead atoms. The Morgan fingerprint density at radius 1 is 1.19 bits per heavy atom. The smallest absolute Gasteiger partial charge is 0.272 e. The molecule has 1 aromatic carbocycles. The Morgan fingerprint density at radius 2 is 1.85 bits per heavy atom. The van der Waals surface area contributed by atoms with E-state index in [0.29, 0.717) is 31.6 Å². The Bertz CT molecular complexity index is 796. The molecule has 2 heterocycles. The van der Waals surface area contributed by atoms with Crippen molar-refractivity contribution in [2.24, 2.45) is 5.92 Å². The third kappa shape index (κ3) is 4.35. The molecule has 7 heteroatoms. The second-order valence-electron chi connectivity index (χ2n) is 7.03. The fourth-order valence-corrected chi connectivity index (χ4v) is 3.91. The van der Waals surface area contributed by atoms with Crippen LogP contribution in [0.15, 0.2) is 41.7 Å². The summed E-state index contributed by atoms with van der Waals surface area (Å²) in [6.07, 6.45) is 4.99. The Labute approximate surface area is 164 Å². The van der Waals surface area contributed by atoms with Crippen LogP contribution in [0.1, 0.15) is 37.2 Å². The minimum Gasteiger partial charge on any atom is -0.354 e. The molecule has 0 unspecified atom stereocenters. The molecule has 144 valence electrons. The van der Waals surface area contributed by atoms with E-state index in [9.17, 15) is 9.59 Å². The lowest BCUT2D eigenvalue weighted by Crippen LogP contribution is -2.44. The Balaban J connectivity index is 1.75. The van der Waals surface area contributed by atoms with Crippen LogP contribution in [-0.4, -0.2) is 51.7 Å². The summed E-state index contributed by atoms with van der Waals surface area (Å²) in [6.45, 7) is 5.10. The predicted molar refractivity (Wildman–Crippen MR) is 107 cm³/mol. The van der Waals surface area contributed by atoms with E-state index in [1.165, 1.54) is 11.8 Å². The molecule has 3 rings (SSSR count). The number of hydrogen-bond donors (Lipinski definition) is 1. The molecule has 0 radical (unpaired) electrons. The van der Waals surface area contributed by atoms with Crippen molar-refractivity contribution < 1.29 is 9.59 Å². The molecule has 0 atom stereocenters. The van der Waals surface area contributed by atoms with Crippen LogP contribution >= 0.6 is 11.8 Å². The molecule has 1 fully saturated rings. The van der Waals surface area contributed by atoms with Crippen LogP contribution in [0.3, 0.4) is 0 Å². The number of amides is 2. The average molecular weight is 387 g/mol. The molecule has 0 aliphatic carbocycles. The van der Waals surface area contributed by atoms with Crippen LogP contribution in [0, 0.1) is 5.92 Å². The minimum absolute atomic E-state index is 0.0164. The van der Waals surface area contributed by atoms with Gasteiger partial charge in [0.1, 0.15) is 5.69 Å². The molecular formula is C20H26N4O2S. The number of piperidine rings is 1. The van der Waals surface area contributed by atoms with Gasteiger partial charge in [-0.2, -0.15) is 0 Å². The summed E-state index contributed by atoms with van der Waals surface area (Å²) >= 11 is 1.51. The van der Waals surface area contributed by atoms with Crippen LogP contribution in [0.25, 0.3) is 5.69 Å². The fraction of sp³-hybridized carbons (Fsp3) is 0.450. The highest BCUT2D eigenvalue weighted by Gasteiger charge is 2.30. The Hall–Kier alpha value is -2.28. The van der Waals surface area contributed by atoms with E-state index in [2.05, 4.69) is 10.3 Å². The summed E-state index contributed by atoms with van der Waals surface area (Å²) < 4.78 is 1.91. The summed E-state index contributed by atoms with van der Waals surface area (Å²) in [5, 5.41) is 3.76. The van der Waals surface area contributed by atoms with Crippen molar-refractivity contribution in [3.63, 3.8) is 0 Å². The first kappa shape index (κ1) is 19.5. The van der Waals surface area contributed by atoms with Crippen molar-refractivity contribution >= 4 is 23.6 Å². The van der Waals surface area contributed by atoms with Crippen LogP contribution in [0.5, 0.6) is 0 Å². The summed E-state index contributed by atoms with van der Waals surface area (Å²) in [6, 6.07) is 9.94. The van der Waals surface area contributed by atoms with Crippen molar-refractivity contribution in [2.75, 3.05) is 19.3 Å². The standard InChI is InChI=1S/C20H26N4O2S/c1-14(2)22-18(25)15-9-11-23(12-10-15)19(26)17-13-21-20(27-3)24(17)16-7-5-4-6-8-16/h4-8,13-15H,9-12H2,1-3H3,(H,22,25). The topological polar surface area (TPSA) is 67.2 Å². The predicted octanol–water partition coefficient (Wildman–Crippen LogP) is 2.97. The summed E-state index contributed by atoms with van der Waals surface area (Å²) in [4.78, 5) is 31.6. The quantitative estimate of drug-likeness (QED) is 0.803. The third-order valence-electron chi connectivity index (χ3n) is 4.73. The lowest BCUT2D eigenvalue weighted by molar-refractivity contribution is -0.126. The number of likely N-dealkylation sites (tertiary alicyclic amines) is 1. The molecular weight excluding hydrogens is 360 g/mol. The first-order valence-corrected chi connectivity index (χ1v) is 10.5. The second kappa shape index (κ2) is 8.61. The number of carbonyl (C=O) groups excluding carboxylic acids is 2. The molecule has 1 aliphatic heterocycles. The molecule has 1 aliphatic rings. The monoisotopic (exact) mass is 386 g/mol. The second-order valence-corrected chi connectivity index (χ2v) is 7.80. The largest absolute Gasteiger partial charge is 0.354 e. The maximum Gasteiger partial charge on any atom is 0.272 e. The number of nitrogens with zero attached hydrogens (tertiary/aromatic N) is 3. The number of benzene rings is 1. The van der Waals surface area contributed by atoms with Crippen molar-refractivity contribution in [3.05, 3.63) is 42.2 Å². The fourth-order valence-electron chi connectivity index (χ4n) is 3.37. The highest BCUT2D eigenvalue weighted by atomic mass is 32.2. The molecule has 6 nitrogen and oxygen atoms in total. The van der Waals surface area contributed by atoms with E-state index >= 15 is 0 Å². The number of imidazole rings is 1. The van der Waals surface area contributed by atoms with Crippen LogP contribution < -0.4 is 5.32 Å². The van der Waals surface area contributed by atoms with Gasteiger partial charge in [0.2, 0.25) is 5.91 Å². The Morgan fingerprint density at radius 3 is 2.44 bits per heavy atom. The third-order valence-corrected chi connectivity index (χ3v) is 5.38. The first-order valence-electron chi connectivity index (χ1n) is 9.28. The highest BCUT2D eigenvalue weighted by Crippen LogP contribution is 2.25. The number of hydrogen-bond acceptors (Lipinski definition) is 4. The van der Waals surface area contributed by atoms with Gasteiger partial charge < -0.3 is 10.2 Å². The Kier molecular flexibility index (Phi) is 6.21. The lowest BCUT2D eigenvalue weighted by Gasteiger charge is -2.31. The van der Waals surface area contributed by atoms with Gasteiger partial charge in [0.05, 0.1) is 6.20 Å². The molecule has 1 N–H and O–H groups in total. The maximum absolute atomic E-state index is 13.1. The highest BCUT2D eigenvalue weighted by molar-refractivity contribution is 7.98. The van der Waals surface area contributed by atoms with Crippen LogP contribution in [-0.2, 0) is 4.79 Å². The van der Waals surface area contributed by atoms with E-state index in [1.807, 2.05) is 59.9 Å². The summed E-state index contributed by atoms with van der Waals surface area (Å²) in [5.74, 6) is 0.0442. The van der Waals surface area contributed by atoms with Crippen molar-refractivity contribution in [1.82, 2.24) is 19.8 Å². The molecule has 1 saturated heterocycles. The number of aromatic nitrogens is 2. The van der Waals surface area contributed by atoms with Crippen molar-refractivity contribution in [2.45, 2.75) is 37.9 Å². The summed E-state index contributed by atoms with van der Waals surface area (Å²) in [5.41, 5.74) is 1.49. The van der Waals surface area contributed by atoms with Crippen molar-refractivity contribution in [3.8, 4) is 5.69 Å². The van der Waals surface area contributed by atoms with Crippen molar-refractivity contribution in [1.29, 1.82) is 0 Å². The van der Waals surface area contributed by atoms with Gasteiger partial charge in [0.15, 0.2) is 5.16 Å². The van der Waals surface area contributed by atoms with Gasteiger partial charge in [0.25, 0.3) is 5.91 Å². The minimum atomic E-state index is -0.0330.